The Balaban J connectivity index is 1.38. The second kappa shape index (κ2) is 12.6. The molecule has 11 nitrogen and oxygen atoms in total. The molecule has 0 unspecified atom stereocenters. The zero-order chi connectivity index (χ0) is 30.9. The number of anilines is 1. The summed E-state index contributed by atoms with van der Waals surface area (Å²) in [6, 6.07) is 11.6. The van der Waals surface area contributed by atoms with E-state index in [9.17, 15) is 18.0 Å². The molecule has 3 heterocycles. The van der Waals surface area contributed by atoms with Crippen molar-refractivity contribution in [3.8, 4) is 0 Å². The highest BCUT2D eigenvalue weighted by molar-refractivity contribution is 7.89. The second-order valence-corrected chi connectivity index (χ2v) is 13.7. The minimum absolute atomic E-state index is 0.0769. The molecule has 1 fully saturated rings. The van der Waals surface area contributed by atoms with Gasteiger partial charge in [-0.05, 0) is 75.7 Å². The molecule has 0 radical (unpaired) electrons. The van der Waals surface area contributed by atoms with Gasteiger partial charge in [0, 0.05) is 49.0 Å². The second-order valence-electron chi connectivity index (χ2n) is 10.3. The Labute approximate surface area is 259 Å². The monoisotopic (exact) mass is 644 g/mol. The van der Waals surface area contributed by atoms with Crippen molar-refractivity contribution < 1.29 is 22.7 Å². The Morgan fingerprint density at radius 2 is 1.74 bits per heavy atom. The van der Waals surface area contributed by atoms with Crippen LogP contribution in [0.2, 0.25) is 5.02 Å². The lowest BCUT2D eigenvalue weighted by Crippen LogP contribution is -2.50. The first-order valence-corrected chi connectivity index (χ1v) is 16.5. The number of carbonyl (C=O) groups is 2. The van der Waals surface area contributed by atoms with Crippen molar-refractivity contribution >= 4 is 60.3 Å². The molecular formula is C29H33ClN6O5S2. The largest absolute Gasteiger partial charge is 0.450 e. The fraction of sp³-hybridized carbons (Fsp3) is 0.379. The van der Waals surface area contributed by atoms with Crippen molar-refractivity contribution in [2.75, 3.05) is 44.2 Å². The summed E-state index contributed by atoms with van der Waals surface area (Å²) in [5, 5.41) is 5.64. The van der Waals surface area contributed by atoms with Crippen molar-refractivity contribution in [1.29, 1.82) is 0 Å². The number of thiazole rings is 1. The van der Waals surface area contributed by atoms with Gasteiger partial charge >= 0.3 is 6.09 Å². The molecule has 2 amide bonds. The van der Waals surface area contributed by atoms with E-state index in [1.54, 1.807) is 11.8 Å². The summed E-state index contributed by atoms with van der Waals surface area (Å²) in [5.74, 6) is -0.309. The van der Waals surface area contributed by atoms with Gasteiger partial charge in [0.05, 0.1) is 34.0 Å². The molecule has 0 aliphatic carbocycles. The number of sulfonamides is 1. The first-order valence-electron chi connectivity index (χ1n) is 13.9. The van der Waals surface area contributed by atoms with Crippen molar-refractivity contribution in [3.63, 3.8) is 0 Å². The Kier molecular flexibility index (Phi) is 9.07. The highest BCUT2D eigenvalue weighted by Crippen LogP contribution is 2.34. The number of fused-ring (bicyclic) bond motifs is 1. The van der Waals surface area contributed by atoms with Gasteiger partial charge < -0.3 is 9.64 Å². The molecule has 1 aliphatic rings. The summed E-state index contributed by atoms with van der Waals surface area (Å²) >= 11 is 7.66. The molecule has 0 N–H and O–H groups in total. The van der Waals surface area contributed by atoms with Gasteiger partial charge in [-0.3, -0.25) is 14.4 Å². The number of hydrogen-bond acceptors (Lipinski definition) is 8. The van der Waals surface area contributed by atoms with Crippen LogP contribution < -0.4 is 4.90 Å². The maximum Gasteiger partial charge on any atom is 0.409 e. The number of nitrogens with zero attached hydrogens (tertiary/aromatic N) is 6. The Morgan fingerprint density at radius 3 is 2.37 bits per heavy atom. The van der Waals surface area contributed by atoms with E-state index in [1.807, 2.05) is 43.7 Å². The van der Waals surface area contributed by atoms with Gasteiger partial charge in [0.25, 0.3) is 5.91 Å². The lowest BCUT2D eigenvalue weighted by Gasteiger charge is -2.33. The first kappa shape index (κ1) is 30.9. The number of ether oxygens (including phenoxy) is 1. The van der Waals surface area contributed by atoms with E-state index in [2.05, 4.69) is 5.10 Å². The van der Waals surface area contributed by atoms with E-state index in [0.29, 0.717) is 28.8 Å². The molecule has 0 bridgehead atoms. The van der Waals surface area contributed by atoms with Crippen LogP contribution in [0.4, 0.5) is 9.93 Å². The van der Waals surface area contributed by atoms with Crippen LogP contribution in [0, 0.1) is 20.8 Å². The summed E-state index contributed by atoms with van der Waals surface area (Å²) in [7, 11) is -3.82. The molecule has 2 aromatic carbocycles. The SMILES string of the molecule is CCOC(=O)N1CCN(S(=O)(=O)c2ccc(C(=O)N(CCn3nc(C)cc3C)c3nc4c(C)cc(Cl)cc4s3)cc2)CC1. The molecule has 14 heteroatoms. The quantitative estimate of drug-likeness (QED) is 0.268. The molecule has 0 spiro atoms. The van der Waals surface area contributed by atoms with Crippen LogP contribution in [-0.2, 0) is 21.3 Å². The number of aryl methyl sites for hydroxylation is 3. The van der Waals surface area contributed by atoms with E-state index < -0.39 is 16.1 Å². The normalized spacial score (nSPS) is 14.3. The number of aromatic nitrogens is 3. The van der Waals surface area contributed by atoms with Gasteiger partial charge in [-0.15, -0.1) is 0 Å². The molecule has 1 saturated heterocycles. The smallest absolute Gasteiger partial charge is 0.409 e. The maximum atomic E-state index is 13.9. The van der Waals surface area contributed by atoms with E-state index >= 15 is 0 Å². The Hall–Kier alpha value is -3.52. The summed E-state index contributed by atoms with van der Waals surface area (Å²) in [5.41, 5.74) is 3.88. The number of piperazine rings is 1. The number of carbonyl (C=O) groups excluding carboxylic acids is 2. The lowest BCUT2D eigenvalue weighted by molar-refractivity contribution is 0.0933. The molecule has 43 heavy (non-hydrogen) atoms. The third-order valence-corrected chi connectivity index (χ3v) is 10.4. The summed E-state index contributed by atoms with van der Waals surface area (Å²) in [6.45, 7) is 9.34. The van der Waals surface area contributed by atoms with Crippen molar-refractivity contribution in [3.05, 3.63) is 70.0 Å². The van der Waals surface area contributed by atoms with E-state index in [4.69, 9.17) is 21.3 Å². The molecule has 5 rings (SSSR count). The predicted octanol–water partition coefficient (Wildman–Crippen LogP) is 4.88. The topological polar surface area (TPSA) is 118 Å². The van der Waals surface area contributed by atoms with Gasteiger partial charge in [0.15, 0.2) is 5.13 Å². The zero-order valence-electron chi connectivity index (χ0n) is 24.4. The van der Waals surface area contributed by atoms with E-state index in [0.717, 1.165) is 27.2 Å². The van der Waals surface area contributed by atoms with Crippen LogP contribution >= 0.6 is 22.9 Å². The van der Waals surface area contributed by atoms with Crippen molar-refractivity contribution in [2.45, 2.75) is 39.1 Å². The summed E-state index contributed by atoms with van der Waals surface area (Å²) < 4.78 is 35.8. The maximum absolute atomic E-state index is 13.9. The fourth-order valence-electron chi connectivity index (χ4n) is 5.04. The first-order chi connectivity index (χ1) is 20.5. The average Bonchev–Trinajstić information content (AvgIpc) is 3.55. The number of halogens is 1. The Bertz CT molecular complexity index is 1760. The van der Waals surface area contributed by atoms with Crippen LogP contribution in [0.5, 0.6) is 0 Å². The predicted molar refractivity (Wildman–Crippen MR) is 167 cm³/mol. The molecular weight excluding hydrogens is 612 g/mol. The minimum Gasteiger partial charge on any atom is -0.450 e. The molecule has 0 atom stereocenters. The average molecular weight is 645 g/mol. The highest BCUT2D eigenvalue weighted by Gasteiger charge is 2.31. The Morgan fingerprint density at radius 1 is 1.05 bits per heavy atom. The third kappa shape index (κ3) is 6.54. The van der Waals surface area contributed by atoms with Crippen LogP contribution in [0.1, 0.15) is 34.2 Å². The van der Waals surface area contributed by atoms with E-state index in [1.165, 1.54) is 44.8 Å². The summed E-state index contributed by atoms with van der Waals surface area (Å²) in [6.07, 6.45) is -0.448. The zero-order valence-corrected chi connectivity index (χ0v) is 26.8. The van der Waals surface area contributed by atoms with Gasteiger partial charge in [0.1, 0.15) is 0 Å². The standard InChI is InChI=1S/C29H33ClN6O5S2/c1-5-41-29(38)33-10-12-34(13-11-33)43(39,40)24-8-6-22(7-9-24)27(37)35(14-15-36-21(4)17-20(3)32-36)28-31-26-19(2)16-23(30)18-25(26)42-28/h6-9,16-18H,5,10-15H2,1-4H3. The third-order valence-electron chi connectivity index (χ3n) is 7.26. The molecule has 4 aromatic rings. The van der Waals surface area contributed by atoms with Crippen molar-refractivity contribution in [1.82, 2.24) is 24.0 Å². The van der Waals surface area contributed by atoms with Crippen LogP contribution in [0.3, 0.4) is 0 Å². The molecule has 1 aliphatic heterocycles. The molecule has 0 saturated carbocycles. The van der Waals surface area contributed by atoms with Crippen LogP contribution in [0.25, 0.3) is 10.2 Å². The highest BCUT2D eigenvalue weighted by atomic mass is 35.5. The van der Waals surface area contributed by atoms with Crippen LogP contribution in [0.15, 0.2) is 47.4 Å². The number of hydrogen-bond donors (Lipinski definition) is 0. The van der Waals surface area contributed by atoms with Gasteiger partial charge in [-0.25, -0.2) is 18.2 Å². The van der Waals surface area contributed by atoms with E-state index in [-0.39, 0.29) is 43.6 Å². The van der Waals surface area contributed by atoms with Crippen LogP contribution in [-0.4, -0.2) is 83.7 Å². The summed E-state index contributed by atoms with van der Waals surface area (Å²) in [4.78, 5) is 33.9. The van der Waals surface area contributed by atoms with Gasteiger partial charge in [0.2, 0.25) is 10.0 Å². The van der Waals surface area contributed by atoms with Gasteiger partial charge in [-0.1, -0.05) is 22.9 Å². The fourth-order valence-corrected chi connectivity index (χ4v) is 7.91. The van der Waals surface area contributed by atoms with Crippen molar-refractivity contribution in [2.24, 2.45) is 0 Å². The number of benzene rings is 2. The number of amides is 2. The molecule has 2 aromatic heterocycles. The minimum atomic E-state index is -3.82. The van der Waals surface area contributed by atoms with Gasteiger partial charge in [-0.2, -0.15) is 9.40 Å². The number of rotatable bonds is 8. The molecule has 228 valence electrons. The lowest BCUT2D eigenvalue weighted by atomic mass is 10.2.